The first-order valence-corrected chi connectivity index (χ1v) is 7.80. The van der Waals surface area contributed by atoms with Gasteiger partial charge < -0.3 is 20.0 Å². The number of rotatable bonds is 4. The Balaban J connectivity index is 2.07. The summed E-state index contributed by atoms with van der Waals surface area (Å²) < 4.78 is 0. The zero-order valence-corrected chi connectivity index (χ0v) is 14.6. The molecule has 4 nitrogen and oxygen atoms in total. The van der Waals surface area contributed by atoms with E-state index in [1.807, 2.05) is 86.5 Å². The molecule has 0 amide bonds. The standard InChI is InChI=1S/C20H24N2O2/c1-21(2)17-9-5-15(6-10-17)19(23)13-14-20(24)16-7-11-18(12-8-16)22(3)4/h5-12,19-20,23-24H,1-4H3. The second kappa shape index (κ2) is 7.87. The molecule has 2 atom stereocenters. The van der Waals surface area contributed by atoms with Crippen LogP contribution in [0, 0.1) is 11.8 Å². The van der Waals surface area contributed by atoms with E-state index in [9.17, 15) is 10.2 Å². The number of hydrogen-bond acceptors (Lipinski definition) is 4. The molecular formula is C20H24N2O2. The van der Waals surface area contributed by atoms with Crippen molar-refractivity contribution in [3.63, 3.8) is 0 Å². The summed E-state index contributed by atoms with van der Waals surface area (Å²) in [4.78, 5) is 3.98. The van der Waals surface area contributed by atoms with Crippen molar-refractivity contribution in [3.8, 4) is 11.8 Å². The van der Waals surface area contributed by atoms with E-state index in [0.29, 0.717) is 11.1 Å². The predicted molar refractivity (Wildman–Crippen MR) is 99.2 cm³/mol. The Bertz CT molecular complexity index is 649. The fourth-order valence-corrected chi connectivity index (χ4v) is 2.23. The molecule has 126 valence electrons. The molecule has 0 saturated carbocycles. The van der Waals surface area contributed by atoms with Crippen molar-refractivity contribution in [2.45, 2.75) is 12.2 Å². The maximum Gasteiger partial charge on any atom is 0.140 e. The van der Waals surface area contributed by atoms with Crippen LogP contribution in [0.3, 0.4) is 0 Å². The summed E-state index contributed by atoms with van der Waals surface area (Å²) in [5, 5.41) is 20.3. The summed E-state index contributed by atoms with van der Waals surface area (Å²) in [7, 11) is 7.85. The fourth-order valence-electron chi connectivity index (χ4n) is 2.23. The lowest BCUT2D eigenvalue weighted by Crippen LogP contribution is -2.08. The molecule has 2 N–H and O–H groups in total. The maximum absolute atomic E-state index is 10.2. The van der Waals surface area contributed by atoms with E-state index in [4.69, 9.17) is 0 Å². The highest BCUT2D eigenvalue weighted by molar-refractivity contribution is 5.48. The number of aliphatic hydroxyl groups is 2. The Morgan fingerprint density at radius 2 is 0.917 bits per heavy atom. The first-order chi connectivity index (χ1) is 11.4. The Labute approximate surface area is 144 Å². The van der Waals surface area contributed by atoms with Crippen LogP contribution in [0.5, 0.6) is 0 Å². The molecule has 2 unspecified atom stereocenters. The molecule has 24 heavy (non-hydrogen) atoms. The van der Waals surface area contributed by atoms with Crippen LogP contribution in [0.15, 0.2) is 48.5 Å². The van der Waals surface area contributed by atoms with Crippen molar-refractivity contribution in [1.29, 1.82) is 0 Å². The Hall–Kier alpha value is -2.48. The van der Waals surface area contributed by atoms with Gasteiger partial charge in [0.25, 0.3) is 0 Å². The Kier molecular flexibility index (Phi) is 5.86. The SMILES string of the molecule is CN(C)c1ccc(C(O)C#CC(O)c2ccc(N(C)C)cc2)cc1. The average molecular weight is 324 g/mol. The molecule has 0 radical (unpaired) electrons. The van der Waals surface area contributed by atoms with E-state index in [2.05, 4.69) is 11.8 Å². The lowest BCUT2D eigenvalue weighted by molar-refractivity contribution is 0.227. The fraction of sp³-hybridized carbons (Fsp3) is 0.300. The van der Waals surface area contributed by atoms with E-state index < -0.39 is 12.2 Å². The number of aliphatic hydroxyl groups excluding tert-OH is 2. The monoisotopic (exact) mass is 324 g/mol. The summed E-state index contributed by atoms with van der Waals surface area (Å²) in [6.07, 6.45) is -1.84. The van der Waals surface area contributed by atoms with Crippen LogP contribution in [0.1, 0.15) is 23.3 Å². The Morgan fingerprint density at radius 1 is 0.625 bits per heavy atom. The van der Waals surface area contributed by atoms with Crippen LogP contribution < -0.4 is 9.80 Å². The third-order valence-electron chi connectivity index (χ3n) is 3.81. The van der Waals surface area contributed by atoms with Gasteiger partial charge >= 0.3 is 0 Å². The highest BCUT2D eigenvalue weighted by Gasteiger charge is 2.07. The molecule has 2 rings (SSSR count). The summed E-state index contributed by atoms with van der Waals surface area (Å²) in [5.41, 5.74) is 3.53. The molecule has 2 aromatic rings. The molecular weight excluding hydrogens is 300 g/mol. The minimum atomic E-state index is -0.920. The highest BCUT2D eigenvalue weighted by atomic mass is 16.3. The van der Waals surface area contributed by atoms with E-state index in [0.717, 1.165) is 11.4 Å². The first-order valence-electron chi connectivity index (χ1n) is 7.80. The topological polar surface area (TPSA) is 46.9 Å². The lowest BCUT2D eigenvalue weighted by atomic mass is 10.1. The van der Waals surface area contributed by atoms with Gasteiger partial charge in [-0.2, -0.15) is 0 Å². The lowest BCUT2D eigenvalue weighted by Gasteiger charge is -2.14. The molecule has 0 aliphatic carbocycles. The summed E-state index contributed by atoms with van der Waals surface area (Å²) in [5.74, 6) is 5.43. The van der Waals surface area contributed by atoms with Crippen molar-refractivity contribution < 1.29 is 10.2 Å². The van der Waals surface area contributed by atoms with Crippen LogP contribution in [0.4, 0.5) is 11.4 Å². The van der Waals surface area contributed by atoms with Gasteiger partial charge in [-0.05, 0) is 35.4 Å². The smallest absolute Gasteiger partial charge is 0.140 e. The molecule has 0 saturated heterocycles. The minimum Gasteiger partial charge on any atom is -0.378 e. The van der Waals surface area contributed by atoms with Gasteiger partial charge in [-0.25, -0.2) is 0 Å². The van der Waals surface area contributed by atoms with E-state index in [1.165, 1.54) is 0 Å². The second-order valence-corrected chi connectivity index (χ2v) is 6.07. The molecule has 0 bridgehead atoms. The highest BCUT2D eigenvalue weighted by Crippen LogP contribution is 2.19. The molecule has 4 heteroatoms. The van der Waals surface area contributed by atoms with Crippen LogP contribution in [0.2, 0.25) is 0 Å². The van der Waals surface area contributed by atoms with Gasteiger partial charge in [0, 0.05) is 39.6 Å². The zero-order valence-electron chi connectivity index (χ0n) is 14.6. The van der Waals surface area contributed by atoms with Gasteiger partial charge in [-0.15, -0.1) is 0 Å². The van der Waals surface area contributed by atoms with Gasteiger partial charge in [-0.3, -0.25) is 0 Å². The summed E-state index contributed by atoms with van der Waals surface area (Å²) in [6, 6.07) is 15.1. The third-order valence-corrected chi connectivity index (χ3v) is 3.81. The second-order valence-electron chi connectivity index (χ2n) is 6.07. The van der Waals surface area contributed by atoms with Gasteiger partial charge in [0.2, 0.25) is 0 Å². The van der Waals surface area contributed by atoms with E-state index in [-0.39, 0.29) is 0 Å². The first kappa shape index (κ1) is 17.9. The third kappa shape index (κ3) is 4.51. The van der Waals surface area contributed by atoms with Crippen molar-refractivity contribution in [2.75, 3.05) is 38.0 Å². The van der Waals surface area contributed by atoms with Crippen molar-refractivity contribution >= 4 is 11.4 Å². The van der Waals surface area contributed by atoms with Crippen LogP contribution in [0.25, 0.3) is 0 Å². The van der Waals surface area contributed by atoms with Gasteiger partial charge in [-0.1, -0.05) is 36.1 Å². The van der Waals surface area contributed by atoms with E-state index >= 15 is 0 Å². The largest absolute Gasteiger partial charge is 0.378 e. The molecule has 0 aliphatic rings. The minimum absolute atomic E-state index is 0.711. The molecule has 0 fully saturated rings. The number of benzene rings is 2. The molecule has 0 aromatic heterocycles. The normalized spacial score (nSPS) is 12.8. The van der Waals surface area contributed by atoms with Crippen LogP contribution in [-0.2, 0) is 0 Å². The van der Waals surface area contributed by atoms with Crippen LogP contribution >= 0.6 is 0 Å². The summed E-state index contributed by atoms with van der Waals surface area (Å²) >= 11 is 0. The van der Waals surface area contributed by atoms with E-state index in [1.54, 1.807) is 0 Å². The maximum atomic E-state index is 10.2. The van der Waals surface area contributed by atoms with Gasteiger partial charge in [0.1, 0.15) is 12.2 Å². The molecule has 0 aliphatic heterocycles. The zero-order chi connectivity index (χ0) is 17.7. The molecule has 0 heterocycles. The predicted octanol–water partition coefficient (Wildman–Crippen LogP) is 2.59. The van der Waals surface area contributed by atoms with Gasteiger partial charge in [0.05, 0.1) is 0 Å². The Morgan fingerprint density at radius 3 is 1.17 bits per heavy atom. The van der Waals surface area contributed by atoms with Gasteiger partial charge in [0.15, 0.2) is 0 Å². The van der Waals surface area contributed by atoms with Crippen molar-refractivity contribution in [1.82, 2.24) is 0 Å². The number of hydrogen-bond donors (Lipinski definition) is 2. The van der Waals surface area contributed by atoms with Crippen molar-refractivity contribution in [3.05, 3.63) is 59.7 Å². The number of anilines is 2. The molecule has 2 aromatic carbocycles. The summed E-state index contributed by atoms with van der Waals surface area (Å²) in [6.45, 7) is 0. The quantitative estimate of drug-likeness (QED) is 0.849. The van der Waals surface area contributed by atoms with Crippen LogP contribution in [-0.4, -0.2) is 38.4 Å². The number of nitrogens with zero attached hydrogens (tertiary/aromatic N) is 2. The average Bonchev–Trinajstić information content (AvgIpc) is 2.59. The molecule has 0 spiro atoms. The van der Waals surface area contributed by atoms with Crippen molar-refractivity contribution in [2.24, 2.45) is 0 Å².